The molecule has 1 aliphatic rings. The molecule has 1 fully saturated rings. The van der Waals surface area contributed by atoms with Crippen LogP contribution in [0.15, 0.2) is 36.5 Å². The minimum absolute atomic E-state index is 0.326. The lowest BCUT2D eigenvalue weighted by atomic mass is 10.1. The van der Waals surface area contributed by atoms with E-state index in [0.29, 0.717) is 12.1 Å². The molecule has 0 saturated carbocycles. The standard InChI is InChI=1S/C15H18N2O/c1-11-14(6-8-18-11)17-10-12-4-5-15-13(9-12)3-2-7-16-15/h2-5,7,9,11,14,17H,6,8,10H2,1H3. The summed E-state index contributed by atoms with van der Waals surface area (Å²) in [4.78, 5) is 4.33. The number of nitrogens with one attached hydrogen (secondary N) is 1. The van der Waals surface area contributed by atoms with Gasteiger partial charge in [-0.3, -0.25) is 4.98 Å². The molecule has 2 unspecified atom stereocenters. The van der Waals surface area contributed by atoms with Crippen LogP contribution in [0, 0.1) is 0 Å². The molecule has 1 aromatic carbocycles. The summed E-state index contributed by atoms with van der Waals surface area (Å²) < 4.78 is 5.55. The zero-order chi connectivity index (χ0) is 12.4. The van der Waals surface area contributed by atoms with Crippen molar-refractivity contribution >= 4 is 10.9 Å². The normalized spacial score (nSPS) is 23.6. The zero-order valence-electron chi connectivity index (χ0n) is 10.6. The van der Waals surface area contributed by atoms with Gasteiger partial charge in [0.15, 0.2) is 0 Å². The van der Waals surface area contributed by atoms with Gasteiger partial charge in [0.1, 0.15) is 0 Å². The maximum absolute atomic E-state index is 5.55. The molecule has 0 amide bonds. The first-order chi connectivity index (χ1) is 8.83. The second-order valence-electron chi connectivity index (χ2n) is 4.88. The lowest BCUT2D eigenvalue weighted by molar-refractivity contribution is 0.113. The maximum Gasteiger partial charge on any atom is 0.0702 e. The summed E-state index contributed by atoms with van der Waals surface area (Å²) in [6.07, 6.45) is 3.26. The quantitative estimate of drug-likeness (QED) is 0.898. The van der Waals surface area contributed by atoms with Gasteiger partial charge in [0.2, 0.25) is 0 Å². The van der Waals surface area contributed by atoms with Crippen molar-refractivity contribution in [1.29, 1.82) is 0 Å². The molecule has 94 valence electrons. The lowest BCUT2D eigenvalue weighted by Gasteiger charge is -2.16. The van der Waals surface area contributed by atoms with Crippen molar-refractivity contribution in [3.05, 3.63) is 42.1 Å². The molecule has 2 heterocycles. The van der Waals surface area contributed by atoms with Gasteiger partial charge in [-0.2, -0.15) is 0 Å². The number of nitrogens with zero attached hydrogens (tertiary/aromatic N) is 1. The molecule has 18 heavy (non-hydrogen) atoms. The molecule has 1 aliphatic heterocycles. The van der Waals surface area contributed by atoms with Crippen molar-refractivity contribution < 1.29 is 4.74 Å². The molecule has 3 rings (SSSR count). The van der Waals surface area contributed by atoms with Crippen LogP contribution in [0.5, 0.6) is 0 Å². The number of pyridine rings is 1. The van der Waals surface area contributed by atoms with Crippen LogP contribution in [0.3, 0.4) is 0 Å². The molecule has 0 aliphatic carbocycles. The summed E-state index contributed by atoms with van der Waals surface area (Å²) in [7, 11) is 0. The monoisotopic (exact) mass is 242 g/mol. The molecule has 3 nitrogen and oxygen atoms in total. The fraction of sp³-hybridized carbons (Fsp3) is 0.400. The van der Waals surface area contributed by atoms with Gasteiger partial charge < -0.3 is 10.1 Å². The number of hydrogen-bond acceptors (Lipinski definition) is 3. The number of aromatic nitrogens is 1. The smallest absolute Gasteiger partial charge is 0.0702 e. The molecule has 3 heteroatoms. The Kier molecular flexibility index (Phi) is 3.26. The number of fused-ring (bicyclic) bond motifs is 1. The predicted molar refractivity (Wildman–Crippen MR) is 72.4 cm³/mol. The van der Waals surface area contributed by atoms with E-state index in [-0.39, 0.29) is 0 Å². The van der Waals surface area contributed by atoms with Gasteiger partial charge in [-0.05, 0) is 37.1 Å². The summed E-state index contributed by atoms with van der Waals surface area (Å²) in [6.45, 7) is 3.90. The predicted octanol–water partition coefficient (Wildman–Crippen LogP) is 2.50. The van der Waals surface area contributed by atoms with Crippen molar-refractivity contribution in [2.45, 2.75) is 32.0 Å². The van der Waals surface area contributed by atoms with Gasteiger partial charge in [-0.15, -0.1) is 0 Å². The Labute approximate surface area is 107 Å². The fourth-order valence-electron chi connectivity index (χ4n) is 2.48. The third-order valence-corrected chi connectivity index (χ3v) is 3.61. The van der Waals surface area contributed by atoms with E-state index < -0.39 is 0 Å². The van der Waals surface area contributed by atoms with E-state index in [1.165, 1.54) is 10.9 Å². The molecule has 2 atom stereocenters. The van der Waals surface area contributed by atoms with Gasteiger partial charge in [0, 0.05) is 30.8 Å². The topological polar surface area (TPSA) is 34.1 Å². The highest BCUT2D eigenvalue weighted by molar-refractivity contribution is 5.78. The van der Waals surface area contributed by atoms with Gasteiger partial charge >= 0.3 is 0 Å². The molecule has 0 radical (unpaired) electrons. The summed E-state index contributed by atoms with van der Waals surface area (Å²) >= 11 is 0. The fourth-order valence-corrected chi connectivity index (χ4v) is 2.48. The Balaban J connectivity index is 1.71. The van der Waals surface area contributed by atoms with E-state index in [4.69, 9.17) is 4.74 Å². The van der Waals surface area contributed by atoms with E-state index in [9.17, 15) is 0 Å². The molecular weight excluding hydrogens is 224 g/mol. The van der Waals surface area contributed by atoms with E-state index in [1.807, 2.05) is 12.3 Å². The van der Waals surface area contributed by atoms with Crippen LogP contribution in [0.25, 0.3) is 10.9 Å². The zero-order valence-corrected chi connectivity index (χ0v) is 10.6. The van der Waals surface area contributed by atoms with Crippen LogP contribution < -0.4 is 5.32 Å². The number of benzene rings is 1. The molecular formula is C15H18N2O. The first kappa shape index (κ1) is 11.6. The summed E-state index contributed by atoms with van der Waals surface area (Å²) in [5.74, 6) is 0. The van der Waals surface area contributed by atoms with Crippen molar-refractivity contribution in [1.82, 2.24) is 10.3 Å². The van der Waals surface area contributed by atoms with Gasteiger partial charge in [-0.1, -0.05) is 12.1 Å². The van der Waals surface area contributed by atoms with Crippen molar-refractivity contribution in [2.24, 2.45) is 0 Å². The van der Waals surface area contributed by atoms with Crippen molar-refractivity contribution in [3.63, 3.8) is 0 Å². The van der Waals surface area contributed by atoms with Crippen LogP contribution in [-0.4, -0.2) is 23.7 Å². The minimum atomic E-state index is 0.326. The SMILES string of the molecule is CC1OCCC1NCc1ccc2ncccc2c1. The van der Waals surface area contributed by atoms with Gasteiger partial charge in [0.05, 0.1) is 11.6 Å². The second kappa shape index (κ2) is 5.04. The third-order valence-electron chi connectivity index (χ3n) is 3.61. The Hall–Kier alpha value is -1.45. The Morgan fingerprint density at radius 2 is 2.33 bits per heavy atom. The van der Waals surface area contributed by atoms with Crippen LogP contribution >= 0.6 is 0 Å². The third kappa shape index (κ3) is 2.37. The molecule has 1 saturated heterocycles. The molecule has 1 aromatic heterocycles. The number of hydrogen-bond donors (Lipinski definition) is 1. The molecule has 0 bridgehead atoms. The number of ether oxygens (including phenoxy) is 1. The summed E-state index contributed by atoms with van der Waals surface area (Å²) in [5.41, 5.74) is 2.36. The average Bonchev–Trinajstić information content (AvgIpc) is 2.82. The highest BCUT2D eigenvalue weighted by Gasteiger charge is 2.23. The van der Waals surface area contributed by atoms with Crippen molar-refractivity contribution in [2.75, 3.05) is 6.61 Å². The maximum atomic E-state index is 5.55. The Morgan fingerprint density at radius 3 is 3.17 bits per heavy atom. The van der Waals surface area contributed by atoms with Crippen LogP contribution in [0.4, 0.5) is 0 Å². The highest BCUT2D eigenvalue weighted by atomic mass is 16.5. The van der Waals surface area contributed by atoms with E-state index in [0.717, 1.165) is 25.1 Å². The van der Waals surface area contributed by atoms with Crippen LogP contribution in [-0.2, 0) is 11.3 Å². The van der Waals surface area contributed by atoms with Crippen LogP contribution in [0.1, 0.15) is 18.9 Å². The average molecular weight is 242 g/mol. The Bertz CT molecular complexity index is 541. The minimum Gasteiger partial charge on any atom is -0.377 e. The second-order valence-corrected chi connectivity index (χ2v) is 4.88. The molecule has 0 spiro atoms. The Morgan fingerprint density at radius 1 is 1.39 bits per heavy atom. The van der Waals surface area contributed by atoms with Gasteiger partial charge in [0.25, 0.3) is 0 Å². The first-order valence-corrected chi connectivity index (χ1v) is 6.51. The lowest BCUT2D eigenvalue weighted by Crippen LogP contribution is -2.34. The first-order valence-electron chi connectivity index (χ1n) is 6.51. The molecule has 2 aromatic rings. The van der Waals surface area contributed by atoms with Crippen LogP contribution in [0.2, 0.25) is 0 Å². The van der Waals surface area contributed by atoms with Crippen molar-refractivity contribution in [3.8, 4) is 0 Å². The summed E-state index contributed by atoms with van der Waals surface area (Å²) in [5, 5.41) is 4.77. The highest BCUT2D eigenvalue weighted by Crippen LogP contribution is 2.16. The van der Waals surface area contributed by atoms with E-state index in [1.54, 1.807) is 0 Å². The summed E-state index contributed by atoms with van der Waals surface area (Å²) in [6, 6.07) is 11.0. The van der Waals surface area contributed by atoms with E-state index >= 15 is 0 Å². The number of rotatable bonds is 3. The molecule has 1 N–H and O–H groups in total. The van der Waals surface area contributed by atoms with Gasteiger partial charge in [-0.25, -0.2) is 0 Å². The largest absolute Gasteiger partial charge is 0.377 e. The van der Waals surface area contributed by atoms with E-state index in [2.05, 4.69) is 41.5 Å².